The van der Waals surface area contributed by atoms with Crippen molar-refractivity contribution in [2.75, 3.05) is 16.8 Å². The zero-order valence-electron chi connectivity index (χ0n) is 14.7. The largest absolute Gasteiger partial charge is 0.297 e. The van der Waals surface area contributed by atoms with Crippen LogP contribution in [0.2, 0.25) is 0 Å². The fourth-order valence-corrected chi connectivity index (χ4v) is 5.54. The monoisotopic (exact) mass is 419 g/mol. The molecule has 2 aromatic rings. The number of carbonyl (C=O) groups excluding carboxylic acids is 2. The number of nitrogens with one attached hydrogen (secondary N) is 1. The van der Waals surface area contributed by atoms with Gasteiger partial charge in [0.05, 0.1) is 23.2 Å². The smallest absolute Gasteiger partial charge is 0.273 e. The number of anilines is 1. The summed E-state index contributed by atoms with van der Waals surface area (Å²) in [5.41, 5.74) is 1.74. The van der Waals surface area contributed by atoms with Crippen molar-refractivity contribution in [1.82, 2.24) is 15.0 Å². The molecule has 9 nitrogen and oxygen atoms in total. The standard InChI is InChI=1S/C17H17N5O4S2/c23-15-4-3-13(21-22(15)12-5-7-28(25,26)10-12)16(24)20-17-19-14(9-27-17)11-2-1-6-18-8-11/h1-2,6,8-9,12H,3-5,7,10H2,(H,19,20,24). The van der Waals surface area contributed by atoms with Crippen LogP contribution in [0.25, 0.3) is 11.3 Å². The van der Waals surface area contributed by atoms with Gasteiger partial charge in [-0.05, 0) is 18.6 Å². The van der Waals surface area contributed by atoms with E-state index in [1.54, 1.807) is 18.5 Å². The number of hydrogen-bond acceptors (Lipinski definition) is 8. The van der Waals surface area contributed by atoms with Crippen molar-refractivity contribution < 1.29 is 18.0 Å². The molecule has 2 aliphatic heterocycles. The molecule has 28 heavy (non-hydrogen) atoms. The molecule has 0 radical (unpaired) electrons. The predicted octanol–water partition coefficient (Wildman–Crippen LogP) is 1.31. The maximum atomic E-state index is 12.6. The van der Waals surface area contributed by atoms with Crippen molar-refractivity contribution in [2.45, 2.75) is 25.3 Å². The van der Waals surface area contributed by atoms with Crippen LogP contribution in [0.4, 0.5) is 5.13 Å². The summed E-state index contributed by atoms with van der Waals surface area (Å²) in [6, 6.07) is 3.17. The lowest BCUT2D eigenvalue weighted by Gasteiger charge is -2.27. The van der Waals surface area contributed by atoms with Crippen molar-refractivity contribution in [3.63, 3.8) is 0 Å². The highest BCUT2D eigenvalue weighted by molar-refractivity contribution is 7.91. The lowest BCUT2D eigenvalue weighted by Crippen LogP contribution is -2.42. The first-order valence-electron chi connectivity index (χ1n) is 8.68. The number of hydrogen-bond donors (Lipinski definition) is 1. The maximum absolute atomic E-state index is 12.6. The van der Waals surface area contributed by atoms with Gasteiger partial charge in [0.2, 0.25) is 5.91 Å². The van der Waals surface area contributed by atoms with E-state index in [0.717, 1.165) is 5.56 Å². The Kier molecular flexibility index (Phi) is 4.94. The average molecular weight is 419 g/mol. The minimum absolute atomic E-state index is 0.0364. The van der Waals surface area contributed by atoms with Crippen molar-refractivity contribution in [2.24, 2.45) is 5.10 Å². The predicted molar refractivity (Wildman–Crippen MR) is 105 cm³/mol. The van der Waals surface area contributed by atoms with Gasteiger partial charge in [-0.25, -0.2) is 18.4 Å². The van der Waals surface area contributed by atoms with Crippen molar-refractivity contribution in [3.8, 4) is 11.3 Å². The Bertz CT molecular complexity index is 1050. The third kappa shape index (κ3) is 3.94. The first kappa shape index (κ1) is 18.7. The van der Waals surface area contributed by atoms with E-state index in [2.05, 4.69) is 20.4 Å². The quantitative estimate of drug-likeness (QED) is 0.797. The first-order chi connectivity index (χ1) is 13.4. The highest BCUT2D eigenvalue weighted by Gasteiger charge is 2.37. The van der Waals surface area contributed by atoms with Crippen LogP contribution in [0.1, 0.15) is 19.3 Å². The van der Waals surface area contributed by atoms with Crippen LogP contribution in [-0.4, -0.2) is 58.5 Å². The third-order valence-electron chi connectivity index (χ3n) is 4.56. The van der Waals surface area contributed by atoms with Crippen LogP contribution < -0.4 is 5.32 Å². The zero-order chi connectivity index (χ0) is 19.7. The molecule has 0 aromatic carbocycles. The van der Waals surface area contributed by atoms with Crippen molar-refractivity contribution in [1.29, 1.82) is 0 Å². The van der Waals surface area contributed by atoms with Gasteiger partial charge in [0, 0.05) is 36.2 Å². The van der Waals surface area contributed by atoms with Crippen LogP contribution in [0.5, 0.6) is 0 Å². The maximum Gasteiger partial charge on any atom is 0.273 e. The van der Waals surface area contributed by atoms with Gasteiger partial charge in [0.15, 0.2) is 15.0 Å². The summed E-state index contributed by atoms with van der Waals surface area (Å²) in [6.07, 6.45) is 4.03. The number of aromatic nitrogens is 2. The van der Waals surface area contributed by atoms with Crippen LogP contribution in [0.3, 0.4) is 0 Å². The summed E-state index contributed by atoms with van der Waals surface area (Å²) in [7, 11) is -3.16. The van der Waals surface area contributed by atoms with E-state index in [0.29, 0.717) is 17.2 Å². The number of pyridine rings is 1. The molecule has 2 amide bonds. The lowest BCUT2D eigenvalue weighted by molar-refractivity contribution is -0.133. The molecule has 2 aliphatic rings. The van der Waals surface area contributed by atoms with E-state index in [1.807, 2.05) is 11.4 Å². The number of thiazole rings is 1. The van der Waals surface area contributed by atoms with Crippen LogP contribution in [-0.2, 0) is 19.4 Å². The Morgan fingerprint density at radius 2 is 2.18 bits per heavy atom. The summed E-state index contributed by atoms with van der Waals surface area (Å²) in [5.74, 6) is -0.774. The van der Waals surface area contributed by atoms with E-state index >= 15 is 0 Å². The van der Waals surface area contributed by atoms with Crippen LogP contribution >= 0.6 is 11.3 Å². The molecule has 0 bridgehead atoms. The Hall–Kier alpha value is -2.66. The first-order valence-corrected chi connectivity index (χ1v) is 11.4. The molecule has 0 spiro atoms. The average Bonchev–Trinajstić information content (AvgIpc) is 3.29. The summed E-state index contributed by atoms with van der Waals surface area (Å²) >= 11 is 1.28. The molecule has 11 heteroatoms. The Morgan fingerprint density at radius 3 is 2.89 bits per heavy atom. The van der Waals surface area contributed by atoms with Crippen LogP contribution in [0, 0.1) is 0 Å². The lowest BCUT2D eigenvalue weighted by atomic mass is 10.1. The Morgan fingerprint density at radius 1 is 1.32 bits per heavy atom. The van der Waals surface area contributed by atoms with Gasteiger partial charge in [-0.2, -0.15) is 5.10 Å². The normalized spacial score (nSPS) is 21.4. The van der Waals surface area contributed by atoms with E-state index < -0.39 is 21.8 Å². The summed E-state index contributed by atoms with van der Waals surface area (Å²) < 4.78 is 23.4. The molecule has 0 aliphatic carbocycles. The van der Waals surface area contributed by atoms with Gasteiger partial charge in [-0.3, -0.25) is 19.9 Å². The summed E-state index contributed by atoms with van der Waals surface area (Å²) in [6.45, 7) is 0. The highest BCUT2D eigenvalue weighted by Crippen LogP contribution is 2.25. The molecular weight excluding hydrogens is 402 g/mol. The second-order valence-corrected chi connectivity index (χ2v) is 9.66. The van der Waals surface area contributed by atoms with Crippen molar-refractivity contribution >= 4 is 43.8 Å². The van der Waals surface area contributed by atoms with Gasteiger partial charge < -0.3 is 0 Å². The molecular formula is C17H17N5O4S2. The third-order valence-corrected chi connectivity index (χ3v) is 7.07. The molecule has 4 rings (SSSR count). The highest BCUT2D eigenvalue weighted by atomic mass is 32.2. The molecule has 1 atom stereocenters. The molecule has 1 fully saturated rings. The van der Waals surface area contributed by atoms with Gasteiger partial charge in [-0.1, -0.05) is 0 Å². The fraction of sp³-hybridized carbons (Fsp3) is 0.353. The SMILES string of the molecule is O=C(Nc1nc(-c2cccnc2)cs1)C1=NN(C2CCS(=O)(=O)C2)C(=O)CC1. The van der Waals surface area contributed by atoms with Crippen LogP contribution in [0.15, 0.2) is 35.0 Å². The molecule has 1 saturated heterocycles. The number of amides is 2. The molecule has 2 aromatic heterocycles. The van der Waals surface area contributed by atoms with E-state index in [9.17, 15) is 18.0 Å². The summed E-state index contributed by atoms with van der Waals surface area (Å²) in [4.78, 5) is 33.1. The minimum atomic E-state index is -3.16. The van der Waals surface area contributed by atoms with Gasteiger partial charge >= 0.3 is 0 Å². The minimum Gasteiger partial charge on any atom is -0.297 e. The molecule has 1 unspecified atom stereocenters. The number of hydrazone groups is 1. The topological polar surface area (TPSA) is 122 Å². The molecule has 0 saturated carbocycles. The second kappa shape index (κ2) is 7.40. The van der Waals surface area contributed by atoms with Gasteiger partial charge in [0.25, 0.3) is 5.91 Å². The summed E-state index contributed by atoms with van der Waals surface area (Å²) in [5, 5.41) is 10.3. The van der Waals surface area contributed by atoms with E-state index in [1.165, 1.54) is 16.3 Å². The fourth-order valence-electron chi connectivity index (χ4n) is 3.14. The number of carbonyl (C=O) groups is 2. The van der Waals surface area contributed by atoms with Gasteiger partial charge in [0.1, 0.15) is 5.71 Å². The van der Waals surface area contributed by atoms with Gasteiger partial charge in [-0.15, -0.1) is 11.3 Å². The molecule has 1 N–H and O–H groups in total. The number of rotatable bonds is 4. The number of sulfone groups is 1. The van der Waals surface area contributed by atoms with E-state index in [4.69, 9.17) is 0 Å². The Labute approximate surface area is 165 Å². The molecule has 146 valence electrons. The second-order valence-electron chi connectivity index (χ2n) is 6.58. The van der Waals surface area contributed by atoms with E-state index in [-0.39, 0.29) is 36.0 Å². The molecule has 4 heterocycles. The zero-order valence-corrected chi connectivity index (χ0v) is 16.4. The number of nitrogens with zero attached hydrogens (tertiary/aromatic N) is 4. The Balaban J connectivity index is 1.48. The van der Waals surface area contributed by atoms with Crippen molar-refractivity contribution in [3.05, 3.63) is 29.9 Å².